The molecule has 1 rings (SSSR count). The lowest BCUT2D eigenvalue weighted by Gasteiger charge is -2.20. The maximum absolute atomic E-state index is 11.8. The molecule has 1 aromatic rings. The molecule has 19 heavy (non-hydrogen) atoms. The monoisotopic (exact) mass is 263 g/mol. The van der Waals surface area contributed by atoms with Crippen molar-refractivity contribution < 1.29 is 9.59 Å². The second-order valence-corrected chi connectivity index (χ2v) is 4.36. The fourth-order valence-electron chi connectivity index (χ4n) is 1.58. The van der Waals surface area contributed by atoms with Crippen LogP contribution in [0, 0.1) is 0 Å². The Morgan fingerprint density at radius 3 is 2.47 bits per heavy atom. The average molecular weight is 263 g/mol. The normalized spacial score (nSPS) is 11.5. The highest BCUT2D eigenvalue weighted by Gasteiger charge is 2.17. The number of benzene rings is 1. The number of nitrogens with one attached hydrogen (secondary N) is 2. The Morgan fingerprint density at radius 1 is 1.26 bits per heavy atom. The highest BCUT2D eigenvalue weighted by atomic mass is 16.2. The van der Waals surface area contributed by atoms with Gasteiger partial charge in [0.15, 0.2) is 0 Å². The minimum absolute atomic E-state index is 0.0874. The van der Waals surface area contributed by atoms with Crippen molar-refractivity contribution in [2.45, 2.75) is 19.9 Å². The molecule has 0 fully saturated rings. The summed E-state index contributed by atoms with van der Waals surface area (Å²) in [6.45, 7) is 4.36. The van der Waals surface area contributed by atoms with Gasteiger partial charge in [-0.1, -0.05) is 18.2 Å². The molecular weight excluding hydrogens is 242 g/mol. The maximum atomic E-state index is 11.8. The zero-order valence-electron chi connectivity index (χ0n) is 11.6. The fraction of sp³-hybridized carbons (Fsp3) is 0.429. The first-order valence-corrected chi connectivity index (χ1v) is 6.37. The number of hydrogen-bond acceptors (Lipinski definition) is 3. The molecular formula is C14H21N3O2. The van der Waals surface area contributed by atoms with E-state index in [1.54, 1.807) is 18.9 Å². The molecule has 0 bridgehead atoms. The third-order valence-corrected chi connectivity index (χ3v) is 2.83. The minimum Gasteiger partial charge on any atom is -0.376 e. The Labute approximate surface area is 114 Å². The van der Waals surface area contributed by atoms with Gasteiger partial charge >= 0.3 is 0 Å². The summed E-state index contributed by atoms with van der Waals surface area (Å²) in [5.41, 5.74) is 0.877. The van der Waals surface area contributed by atoms with E-state index in [2.05, 4.69) is 10.6 Å². The number of rotatable bonds is 6. The summed E-state index contributed by atoms with van der Waals surface area (Å²) in [5.74, 6) is -0.287. The molecule has 0 radical (unpaired) electrons. The molecule has 1 atom stereocenters. The summed E-state index contributed by atoms with van der Waals surface area (Å²) in [5, 5.41) is 5.67. The lowest BCUT2D eigenvalue weighted by molar-refractivity contribution is -0.134. The highest BCUT2D eigenvalue weighted by molar-refractivity contribution is 5.88. The topological polar surface area (TPSA) is 61.4 Å². The van der Waals surface area contributed by atoms with Gasteiger partial charge in [0, 0.05) is 19.3 Å². The first-order chi connectivity index (χ1) is 9.04. The second-order valence-electron chi connectivity index (χ2n) is 4.36. The van der Waals surface area contributed by atoms with E-state index in [4.69, 9.17) is 0 Å². The zero-order chi connectivity index (χ0) is 14.3. The van der Waals surface area contributed by atoms with Gasteiger partial charge in [0.2, 0.25) is 11.8 Å². The Morgan fingerprint density at radius 2 is 1.89 bits per heavy atom. The molecule has 0 heterocycles. The number of carbonyl (C=O) groups excluding carboxylic acids is 2. The third kappa shape index (κ3) is 4.99. The molecule has 0 aliphatic carbocycles. The van der Waals surface area contributed by atoms with Crippen LogP contribution in [0.2, 0.25) is 0 Å². The van der Waals surface area contributed by atoms with E-state index in [0.717, 1.165) is 5.69 Å². The van der Waals surface area contributed by atoms with E-state index in [9.17, 15) is 9.59 Å². The molecule has 5 nitrogen and oxygen atoms in total. The summed E-state index contributed by atoms with van der Waals surface area (Å²) < 4.78 is 0. The van der Waals surface area contributed by atoms with Crippen LogP contribution in [0.4, 0.5) is 5.69 Å². The van der Waals surface area contributed by atoms with Crippen LogP contribution in [0.25, 0.3) is 0 Å². The van der Waals surface area contributed by atoms with Crippen molar-refractivity contribution in [3.05, 3.63) is 30.3 Å². The van der Waals surface area contributed by atoms with Crippen molar-refractivity contribution >= 4 is 17.5 Å². The van der Waals surface area contributed by atoms with Crippen molar-refractivity contribution in [1.29, 1.82) is 0 Å². The van der Waals surface area contributed by atoms with E-state index >= 15 is 0 Å². The van der Waals surface area contributed by atoms with Crippen LogP contribution in [0.15, 0.2) is 30.3 Å². The van der Waals surface area contributed by atoms with Crippen molar-refractivity contribution in [2.75, 3.05) is 25.5 Å². The summed E-state index contributed by atoms with van der Waals surface area (Å²) in [7, 11) is 1.72. The first-order valence-electron chi connectivity index (χ1n) is 6.37. The second kappa shape index (κ2) is 7.41. The molecule has 0 aliphatic heterocycles. The van der Waals surface area contributed by atoms with Gasteiger partial charge in [-0.2, -0.15) is 0 Å². The van der Waals surface area contributed by atoms with Crippen molar-refractivity contribution in [3.63, 3.8) is 0 Å². The minimum atomic E-state index is -0.505. The molecule has 2 N–H and O–H groups in total. The van der Waals surface area contributed by atoms with Crippen LogP contribution in [0.3, 0.4) is 0 Å². The predicted molar refractivity (Wildman–Crippen MR) is 75.8 cm³/mol. The number of amides is 2. The smallest absolute Gasteiger partial charge is 0.244 e. The molecule has 0 saturated heterocycles. The number of nitrogens with zero attached hydrogens (tertiary/aromatic N) is 1. The molecule has 1 unspecified atom stereocenters. The highest BCUT2D eigenvalue weighted by Crippen LogP contribution is 2.03. The van der Waals surface area contributed by atoms with Crippen molar-refractivity contribution in [2.24, 2.45) is 0 Å². The van der Waals surface area contributed by atoms with E-state index < -0.39 is 6.04 Å². The quantitative estimate of drug-likeness (QED) is 0.807. The van der Waals surface area contributed by atoms with E-state index in [-0.39, 0.29) is 18.4 Å². The van der Waals surface area contributed by atoms with Gasteiger partial charge in [-0.25, -0.2) is 0 Å². The van der Waals surface area contributed by atoms with Gasteiger partial charge in [-0.15, -0.1) is 0 Å². The Hall–Kier alpha value is -2.04. The zero-order valence-corrected chi connectivity index (χ0v) is 11.6. The standard InChI is InChI=1S/C14H21N3O2/c1-4-17(3)14(19)11(2)16-13(18)10-15-12-8-6-5-7-9-12/h5-9,11,15H,4,10H2,1-3H3,(H,16,18). The largest absolute Gasteiger partial charge is 0.376 e. The Kier molecular flexibility index (Phi) is 5.85. The van der Waals surface area contributed by atoms with Crippen LogP contribution in [0.1, 0.15) is 13.8 Å². The molecule has 0 spiro atoms. The average Bonchev–Trinajstić information content (AvgIpc) is 2.44. The Bertz CT molecular complexity index is 420. The van der Waals surface area contributed by atoms with E-state index in [1.807, 2.05) is 37.3 Å². The summed E-state index contributed by atoms with van der Waals surface area (Å²) in [6.07, 6.45) is 0. The summed E-state index contributed by atoms with van der Waals surface area (Å²) >= 11 is 0. The predicted octanol–water partition coefficient (Wildman–Crippen LogP) is 1.08. The lowest BCUT2D eigenvalue weighted by Crippen LogP contribution is -2.46. The molecule has 0 aromatic heterocycles. The first kappa shape index (κ1) is 15.0. The van der Waals surface area contributed by atoms with Crippen LogP contribution < -0.4 is 10.6 Å². The maximum Gasteiger partial charge on any atom is 0.244 e. The van der Waals surface area contributed by atoms with Gasteiger partial charge in [0.05, 0.1) is 6.54 Å². The molecule has 0 saturated carbocycles. The SMILES string of the molecule is CCN(C)C(=O)C(C)NC(=O)CNc1ccccc1. The summed E-state index contributed by atoms with van der Waals surface area (Å²) in [4.78, 5) is 25.1. The van der Waals surface area contributed by atoms with Gasteiger partial charge in [0.25, 0.3) is 0 Å². The van der Waals surface area contributed by atoms with Crippen molar-refractivity contribution in [1.82, 2.24) is 10.2 Å². The van der Waals surface area contributed by atoms with E-state index in [0.29, 0.717) is 6.54 Å². The van der Waals surface area contributed by atoms with Gasteiger partial charge < -0.3 is 15.5 Å². The number of hydrogen-bond donors (Lipinski definition) is 2. The number of likely N-dealkylation sites (N-methyl/N-ethyl adjacent to an activating group) is 1. The van der Waals surface area contributed by atoms with Crippen LogP contribution in [0.5, 0.6) is 0 Å². The van der Waals surface area contributed by atoms with Gasteiger partial charge in [-0.3, -0.25) is 9.59 Å². The van der Waals surface area contributed by atoms with Crippen LogP contribution in [-0.2, 0) is 9.59 Å². The molecule has 104 valence electrons. The third-order valence-electron chi connectivity index (χ3n) is 2.83. The lowest BCUT2D eigenvalue weighted by atomic mass is 10.3. The van der Waals surface area contributed by atoms with Crippen molar-refractivity contribution in [3.8, 4) is 0 Å². The van der Waals surface area contributed by atoms with Gasteiger partial charge in [-0.05, 0) is 26.0 Å². The fourth-order valence-corrected chi connectivity index (χ4v) is 1.58. The van der Waals surface area contributed by atoms with Gasteiger partial charge in [0.1, 0.15) is 6.04 Å². The van der Waals surface area contributed by atoms with Crippen LogP contribution in [-0.4, -0.2) is 42.9 Å². The molecule has 1 aromatic carbocycles. The number of para-hydroxylation sites is 1. The number of anilines is 1. The van der Waals surface area contributed by atoms with Crippen LogP contribution >= 0.6 is 0 Å². The summed E-state index contributed by atoms with van der Waals surface area (Å²) in [6, 6.07) is 8.95. The Balaban J connectivity index is 2.37. The molecule has 0 aliphatic rings. The molecule has 5 heteroatoms. The number of carbonyl (C=O) groups is 2. The molecule has 2 amide bonds. The van der Waals surface area contributed by atoms with E-state index in [1.165, 1.54) is 0 Å².